The molecule has 6 nitrogen and oxygen atoms in total. The number of aromatic nitrogens is 2. The molecule has 172 valence electrons. The van der Waals surface area contributed by atoms with E-state index in [4.69, 9.17) is 14.7 Å². The Hall–Kier alpha value is -3.41. The number of carbonyl (C=O) groups excluding carboxylic acids is 1. The molecule has 1 atom stereocenters. The van der Waals surface area contributed by atoms with Gasteiger partial charge in [-0.1, -0.05) is 42.0 Å². The van der Waals surface area contributed by atoms with Crippen LogP contribution in [0.2, 0.25) is 0 Å². The van der Waals surface area contributed by atoms with Gasteiger partial charge in [0.2, 0.25) is 11.9 Å². The van der Waals surface area contributed by atoms with E-state index in [0.717, 1.165) is 41.2 Å². The van der Waals surface area contributed by atoms with Gasteiger partial charge in [-0.2, -0.15) is 0 Å². The highest BCUT2D eigenvalue weighted by atomic mass is 16.5. The van der Waals surface area contributed by atoms with Crippen LogP contribution in [0.3, 0.4) is 0 Å². The summed E-state index contributed by atoms with van der Waals surface area (Å²) in [5.41, 5.74) is 5.35. The topological polar surface area (TPSA) is 58.6 Å². The van der Waals surface area contributed by atoms with Gasteiger partial charge in [-0.05, 0) is 43.5 Å². The third kappa shape index (κ3) is 5.51. The average Bonchev–Trinajstić information content (AvgIpc) is 3.33. The molecule has 0 bridgehead atoms. The number of benzene rings is 2. The normalized spacial score (nSPS) is 15.5. The first-order valence-corrected chi connectivity index (χ1v) is 11.5. The molecule has 1 aliphatic heterocycles. The van der Waals surface area contributed by atoms with Crippen molar-refractivity contribution in [3.8, 4) is 17.0 Å². The maximum atomic E-state index is 12.9. The molecule has 33 heavy (non-hydrogen) atoms. The molecule has 1 aromatic heterocycles. The number of nitrogens with zero attached hydrogens (tertiary/aromatic N) is 4. The highest BCUT2D eigenvalue weighted by Crippen LogP contribution is 2.30. The van der Waals surface area contributed by atoms with Crippen molar-refractivity contribution in [3.63, 3.8) is 0 Å². The fraction of sp³-hybridized carbons (Fsp3) is 0.370. The lowest BCUT2D eigenvalue weighted by Gasteiger charge is -2.18. The molecular weight excluding hydrogens is 412 g/mol. The number of anilines is 1. The zero-order valence-electron chi connectivity index (χ0n) is 19.9. The van der Waals surface area contributed by atoms with Crippen LogP contribution in [-0.2, 0) is 11.2 Å². The first-order chi connectivity index (χ1) is 15.9. The monoisotopic (exact) mass is 444 g/mol. The van der Waals surface area contributed by atoms with Crippen molar-refractivity contribution in [1.29, 1.82) is 0 Å². The molecule has 1 saturated heterocycles. The Kier molecular flexibility index (Phi) is 6.92. The first kappa shape index (κ1) is 22.8. The molecule has 6 heteroatoms. The van der Waals surface area contributed by atoms with Gasteiger partial charge >= 0.3 is 0 Å². The first-order valence-electron chi connectivity index (χ1n) is 11.5. The molecule has 2 aromatic carbocycles. The van der Waals surface area contributed by atoms with Gasteiger partial charge in [0.05, 0.1) is 18.5 Å². The van der Waals surface area contributed by atoms with Gasteiger partial charge in [0.1, 0.15) is 5.75 Å². The Morgan fingerprint density at radius 2 is 1.91 bits per heavy atom. The minimum atomic E-state index is 0.195. The predicted octanol–water partition coefficient (Wildman–Crippen LogP) is 4.48. The number of methoxy groups -OCH3 is 1. The van der Waals surface area contributed by atoms with Gasteiger partial charge in [0, 0.05) is 45.1 Å². The molecule has 1 fully saturated rings. The van der Waals surface area contributed by atoms with Gasteiger partial charge in [-0.25, -0.2) is 9.97 Å². The standard InChI is InChI=1S/C27H32N4O2/c1-19-8-11-21(12-9-19)24-17-25(29-27(28-24)30(2)3)22-14-15-31(18-22)26(32)13-10-20-6-5-7-23(16-20)33-4/h5-9,11-12,16-17,22H,10,13-15,18H2,1-4H3/t22-/m1/s1. The summed E-state index contributed by atoms with van der Waals surface area (Å²) in [4.78, 5) is 26.4. The summed E-state index contributed by atoms with van der Waals surface area (Å²) in [6.45, 7) is 3.55. The summed E-state index contributed by atoms with van der Waals surface area (Å²) >= 11 is 0. The molecule has 0 saturated carbocycles. The molecular formula is C27H32N4O2. The molecule has 1 aliphatic rings. The molecule has 0 spiro atoms. The Labute approximate surface area is 196 Å². The molecule has 0 radical (unpaired) electrons. The van der Waals surface area contributed by atoms with Crippen LogP contribution in [0.25, 0.3) is 11.3 Å². The van der Waals surface area contributed by atoms with E-state index in [2.05, 4.69) is 37.3 Å². The Morgan fingerprint density at radius 3 is 2.64 bits per heavy atom. The van der Waals surface area contributed by atoms with Crippen LogP contribution in [0, 0.1) is 6.92 Å². The van der Waals surface area contributed by atoms with Crippen LogP contribution in [0.15, 0.2) is 54.6 Å². The molecule has 2 heterocycles. The molecule has 0 aliphatic carbocycles. The van der Waals surface area contributed by atoms with Crippen LogP contribution in [0.4, 0.5) is 5.95 Å². The van der Waals surface area contributed by atoms with Crippen molar-refractivity contribution in [2.24, 2.45) is 0 Å². The number of carbonyl (C=O) groups is 1. The minimum absolute atomic E-state index is 0.195. The van der Waals surface area contributed by atoms with E-state index in [1.54, 1.807) is 7.11 Å². The van der Waals surface area contributed by atoms with E-state index in [9.17, 15) is 4.79 Å². The zero-order chi connectivity index (χ0) is 23.4. The lowest BCUT2D eigenvalue weighted by molar-refractivity contribution is -0.130. The van der Waals surface area contributed by atoms with Gasteiger partial charge in [0.15, 0.2) is 0 Å². The van der Waals surface area contributed by atoms with Crippen LogP contribution in [0.1, 0.15) is 35.6 Å². The van der Waals surface area contributed by atoms with Gasteiger partial charge in [-0.15, -0.1) is 0 Å². The fourth-order valence-electron chi connectivity index (χ4n) is 4.20. The molecule has 4 rings (SSSR count). The summed E-state index contributed by atoms with van der Waals surface area (Å²) in [6, 6.07) is 18.4. The number of amides is 1. The number of hydrogen-bond donors (Lipinski definition) is 0. The summed E-state index contributed by atoms with van der Waals surface area (Å²) in [5.74, 6) is 1.94. The lowest BCUT2D eigenvalue weighted by atomic mass is 10.0. The van der Waals surface area contributed by atoms with Gasteiger partial charge in [-0.3, -0.25) is 4.79 Å². The van der Waals surface area contributed by atoms with Crippen molar-refractivity contribution >= 4 is 11.9 Å². The number of hydrogen-bond acceptors (Lipinski definition) is 5. The highest BCUT2D eigenvalue weighted by Gasteiger charge is 2.29. The minimum Gasteiger partial charge on any atom is -0.497 e. The van der Waals surface area contributed by atoms with Crippen LogP contribution in [0.5, 0.6) is 5.75 Å². The molecule has 0 unspecified atom stereocenters. The maximum Gasteiger partial charge on any atom is 0.225 e. The second-order valence-electron chi connectivity index (χ2n) is 8.92. The van der Waals surface area contributed by atoms with E-state index in [1.807, 2.05) is 48.2 Å². The maximum absolute atomic E-state index is 12.9. The average molecular weight is 445 g/mol. The van der Waals surface area contributed by atoms with Crippen molar-refractivity contribution in [3.05, 3.63) is 71.4 Å². The Balaban J connectivity index is 1.46. The fourth-order valence-corrected chi connectivity index (χ4v) is 4.20. The number of aryl methyl sites for hydroxylation is 2. The molecule has 3 aromatic rings. The number of rotatable bonds is 7. The van der Waals surface area contributed by atoms with Crippen LogP contribution >= 0.6 is 0 Å². The Bertz CT molecular complexity index is 1110. The third-order valence-corrected chi connectivity index (χ3v) is 6.20. The van der Waals surface area contributed by atoms with E-state index in [0.29, 0.717) is 25.3 Å². The van der Waals surface area contributed by atoms with Crippen LogP contribution < -0.4 is 9.64 Å². The molecule has 0 N–H and O–H groups in total. The second kappa shape index (κ2) is 10.0. The largest absolute Gasteiger partial charge is 0.497 e. The van der Waals surface area contributed by atoms with E-state index in [1.165, 1.54) is 5.56 Å². The third-order valence-electron chi connectivity index (χ3n) is 6.20. The van der Waals surface area contributed by atoms with E-state index < -0.39 is 0 Å². The van der Waals surface area contributed by atoms with E-state index >= 15 is 0 Å². The van der Waals surface area contributed by atoms with Crippen LogP contribution in [-0.4, -0.2) is 55.1 Å². The van der Waals surface area contributed by atoms with E-state index in [-0.39, 0.29) is 11.8 Å². The number of ether oxygens (including phenoxy) is 1. The SMILES string of the molecule is COc1cccc(CCC(=O)N2CC[C@@H](c3cc(-c4ccc(C)cc4)nc(N(C)C)n3)C2)c1. The second-order valence-corrected chi connectivity index (χ2v) is 8.92. The van der Waals surface area contributed by atoms with Crippen molar-refractivity contribution in [1.82, 2.24) is 14.9 Å². The number of likely N-dealkylation sites (tertiary alicyclic amines) is 1. The smallest absolute Gasteiger partial charge is 0.225 e. The van der Waals surface area contributed by atoms with Crippen molar-refractivity contribution in [2.45, 2.75) is 32.1 Å². The molecule has 1 amide bonds. The van der Waals surface area contributed by atoms with Gasteiger partial charge < -0.3 is 14.5 Å². The zero-order valence-corrected chi connectivity index (χ0v) is 19.9. The summed E-state index contributed by atoms with van der Waals surface area (Å²) in [5, 5.41) is 0. The summed E-state index contributed by atoms with van der Waals surface area (Å²) < 4.78 is 5.29. The van der Waals surface area contributed by atoms with Crippen molar-refractivity contribution < 1.29 is 9.53 Å². The lowest BCUT2D eigenvalue weighted by Crippen LogP contribution is -2.28. The van der Waals surface area contributed by atoms with Gasteiger partial charge in [0.25, 0.3) is 0 Å². The predicted molar refractivity (Wildman–Crippen MR) is 132 cm³/mol. The van der Waals surface area contributed by atoms with Crippen molar-refractivity contribution in [2.75, 3.05) is 39.2 Å². The Morgan fingerprint density at radius 1 is 1.12 bits per heavy atom. The summed E-state index contributed by atoms with van der Waals surface area (Å²) in [7, 11) is 5.58. The highest BCUT2D eigenvalue weighted by molar-refractivity contribution is 5.77. The quantitative estimate of drug-likeness (QED) is 0.538. The summed E-state index contributed by atoms with van der Waals surface area (Å²) in [6.07, 6.45) is 2.14.